The minimum Gasteiger partial charge on any atom is -0.521 e. The van der Waals surface area contributed by atoms with Gasteiger partial charge in [0.15, 0.2) is 18.4 Å². The van der Waals surface area contributed by atoms with Crippen LogP contribution < -0.4 is 0 Å². The molecular formula is C24H42CoO20. The largest absolute Gasteiger partial charge is 2.00 e. The number of hydrogen-bond donors (Lipinski definition) is 14. The predicted molar refractivity (Wildman–Crippen MR) is 134 cm³/mol. The summed E-state index contributed by atoms with van der Waals surface area (Å²) in [7, 11) is 0. The summed E-state index contributed by atoms with van der Waals surface area (Å²) in [5.74, 6) is -2.33. The van der Waals surface area contributed by atoms with Crippen LogP contribution in [-0.4, -0.2) is 208 Å². The molecular weight excluding hydrogens is 667 g/mol. The number of aliphatic hydroxyl groups excluding tert-OH is 14. The summed E-state index contributed by atoms with van der Waals surface area (Å²) in [5, 5.41) is 140. The van der Waals surface area contributed by atoms with Crippen LogP contribution in [0.4, 0.5) is 0 Å². The van der Waals surface area contributed by atoms with Gasteiger partial charge < -0.3 is 99.9 Å². The summed E-state index contributed by atoms with van der Waals surface area (Å²) in [6.45, 7) is -3.49. The fraction of sp³-hybridized carbons (Fsp3) is 0.917. The topological polar surface area (TPSA) is 339 Å². The van der Waals surface area contributed by atoms with E-state index in [1.54, 1.807) is 0 Å². The fourth-order valence-corrected chi connectivity index (χ4v) is 4.83. The molecule has 0 aromatic carbocycles. The Labute approximate surface area is 266 Å². The summed E-state index contributed by atoms with van der Waals surface area (Å²) in [6, 6.07) is 0. The van der Waals surface area contributed by atoms with E-state index in [0.717, 1.165) is 6.42 Å². The zero-order valence-electron chi connectivity index (χ0n) is 23.5. The van der Waals surface area contributed by atoms with Crippen molar-refractivity contribution < 1.29 is 117 Å². The summed E-state index contributed by atoms with van der Waals surface area (Å²) in [4.78, 5) is 0. The second kappa shape index (κ2) is 17.9. The van der Waals surface area contributed by atoms with Crippen LogP contribution in [0.1, 0.15) is 0 Å². The molecule has 3 rings (SSSR count). The van der Waals surface area contributed by atoms with Crippen LogP contribution in [0, 0.1) is 13.0 Å². The fourth-order valence-electron chi connectivity index (χ4n) is 4.83. The summed E-state index contributed by atoms with van der Waals surface area (Å²) < 4.78 is 31.8. The molecule has 17 atom stereocenters. The molecule has 0 aliphatic carbocycles. The van der Waals surface area contributed by atoms with Crippen molar-refractivity contribution in [2.45, 2.75) is 104 Å². The van der Waals surface area contributed by atoms with Gasteiger partial charge in [-0.05, 0) is 12.2 Å². The third kappa shape index (κ3) is 9.04. The van der Waals surface area contributed by atoms with Crippen molar-refractivity contribution in [1.29, 1.82) is 0 Å². The number of ether oxygens (including phenoxy) is 6. The Morgan fingerprint density at radius 3 is 1.78 bits per heavy atom. The molecule has 21 heteroatoms. The maximum Gasteiger partial charge on any atom is 2.00 e. The zero-order chi connectivity index (χ0) is 32.9. The van der Waals surface area contributed by atoms with E-state index in [9.17, 15) is 71.5 Å². The third-order valence-corrected chi connectivity index (χ3v) is 7.57. The normalized spacial score (nSPS) is 44.3. The van der Waals surface area contributed by atoms with E-state index in [-0.39, 0.29) is 16.8 Å². The van der Waals surface area contributed by atoms with Crippen molar-refractivity contribution in [2.24, 2.45) is 0 Å². The van der Waals surface area contributed by atoms with Crippen LogP contribution in [0.3, 0.4) is 0 Å². The number of rotatable bonds is 15. The van der Waals surface area contributed by atoms with Crippen molar-refractivity contribution in [3.63, 3.8) is 0 Å². The molecule has 20 nitrogen and oxygen atoms in total. The van der Waals surface area contributed by atoms with E-state index in [0.29, 0.717) is 6.61 Å². The molecule has 1 radical (unpaired) electrons. The van der Waals surface area contributed by atoms with E-state index < -0.39 is 137 Å². The maximum atomic E-state index is 10.7. The Balaban J connectivity index is 0.00000705. The molecule has 45 heavy (non-hydrogen) atoms. The first-order valence-corrected chi connectivity index (χ1v) is 13.6. The molecule has 3 aliphatic rings. The van der Waals surface area contributed by atoms with Crippen molar-refractivity contribution in [1.82, 2.24) is 0 Å². The van der Waals surface area contributed by atoms with Gasteiger partial charge in [-0.25, -0.2) is 0 Å². The summed E-state index contributed by atoms with van der Waals surface area (Å²) in [5.41, 5.74) is 0. The second-order valence-electron chi connectivity index (χ2n) is 10.5. The molecule has 3 aliphatic heterocycles. The average Bonchev–Trinajstić information content (AvgIpc) is 3.27. The minimum atomic E-state index is -2.33. The van der Waals surface area contributed by atoms with Gasteiger partial charge >= 0.3 is 16.8 Å². The molecule has 10 unspecified atom stereocenters. The second-order valence-corrected chi connectivity index (χ2v) is 10.5. The smallest absolute Gasteiger partial charge is 0.521 e. The van der Waals surface area contributed by atoms with Gasteiger partial charge in [0.05, 0.1) is 32.5 Å². The van der Waals surface area contributed by atoms with E-state index >= 15 is 0 Å². The van der Waals surface area contributed by atoms with Gasteiger partial charge in [0.25, 0.3) is 0 Å². The molecule has 0 spiro atoms. The molecule has 267 valence electrons. The molecule has 3 saturated heterocycles. The van der Waals surface area contributed by atoms with Crippen LogP contribution in [0.5, 0.6) is 0 Å². The van der Waals surface area contributed by atoms with Gasteiger partial charge in [0, 0.05) is 0 Å². The van der Waals surface area contributed by atoms with E-state index in [4.69, 9.17) is 28.4 Å². The van der Waals surface area contributed by atoms with Crippen molar-refractivity contribution in [3.05, 3.63) is 13.0 Å². The Morgan fingerprint density at radius 2 is 1.24 bits per heavy atom. The van der Waals surface area contributed by atoms with Crippen LogP contribution in [-0.2, 0) is 45.2 Å². The van der Waals surface area contributed by atoms with Crippen LogP contribution in [0.25, 0.3) is 0 Å². The van der Waals surface area contributed by atoms with E-state index in [1.165, 1.54) is 0 Å². The monoisotopic (exact) mass is 709 g/mol. The molecule has 0 aromatic rings. The van der Waals surface area contributed by atoms with Crippen molar-refractivity contribution in [3.8, 4) is 0 Å². The molecule has 0 aromatic heterocycles. The number of aliphatic hydroxyl groups is 14. The first-order valence-electron chi connectivity index (χ1n) is 13.6. The maximum absolute atomic E-state index is 10.7. The van der Waals surface area contributed by atoms with Crippen molar-refractivity contribution in [2.75, 3.05) is 33.0 Å². The molecule has 0 saturated carbocycles. The number of hydrogen-bond acceptors (Lipinski definition) is 20. The molecule has 14 N–H and O–H groups in total. The van der Waals surface area contributed by atoms with Crippen LogP contribution in [0.15, 0.2) is 0 Å². The average molecular weight is 710 g/mol. The zero-order valence-corrected chi connectivity index (χ0v) is 24.5. The molecule has 3 fully saturated rings. The van der Waals surface area contributed by atoms with E-state index in [2.05, 4.69) is 0 Å². The standard InChI is InChI=1S/C24H42O20.Co/c25-2-1-9(13(30)8(29)5-40-24(7-28)21(38)16(33)11(4-27)44-24)41-23-20(37)18(35)15(32)12(43-23)6-39-22-19(36)17(34)14(31)10(3-26)42-22;/h1,5,8-23,25-38H,2-4,6-7H2;/q-2;+2/t8-,9+,10+,11+,12+,13-,14?,15?,16?,17?,18?,19?,20?,21?,22?,23?,24+;/m0./s1. The third-order valence-electron chi connectivity index (χ3n) is 7.57. The van der Waals surface area contributed by atoms with Gasteiger partial charge in [0.2, 0.25) is 0 Å². The molecule has 0 amide bonds. The Morgan fingerprint density at radius 1 is 0.689 bits per heavy atom. The first kappa shape index (κ1) is 40.9. The quantitative estimate of drug-likeness (QED) is 0.0702. The van der Waals surface area contributed by atoms with Crippen molar-refractivity contribution >= 4 is 0 Å². The Bertz CT molecular complexity index is 862. The van der Waals surface area contributed by atoms with E-state index in [1.807, 2.05) is 0 Å². The SMILES string of the molecule is OC[CH-][C@@H](OC1O[C@H](COC2O[C@H](CO)C(O)C(O)C2O)C(O)C(O)C1O)[C@@H](O)[C@@H](O)[CH-]O[C@]1(CO)O[C@H](CO)C(O)C1O.[Co+2]. The Hall–Kier alpha value is -0.294. The van der Waals surface area contributed by atoms with Gasteiger partial charge in [-0.2, -0.15) is 6.61 Å². The molecule has 0 bridgehead atoms. The summed E-state index contributed by atoms with van der Waals surface area (Å²) in [6.07, 6.45) is -27.1. The van der Waals surface area contributed by atoms with Crippen LogP contribution in [0.2, 0.25) is 0 Å². The van der Waals surface area contributed by atoms with Gasteiger partial charge in [0.1, 0.15) is 67.1 Å². The van der Waals surface area contributed by atoms with Gasteiger partial charge in [-0.15, -0.1) is 0 Å². The minimum absolute atomic E-state index is 0. The molecule has 3 heterocycles. The predicted octanol–water partition coefficient (Wildman–Crippen LogP) is -9.11. The first-order chi connectivity index (χ1) is 20.8. The Kier molecular flexibility index (Phi) is 16.3. The van der Waals surface area contributed by atoms with Gasteiger partial charge in [-0.3, -0.25) is 6.42 Å². The van der Waals surface area contributed by atoms with Gasteiger partial charge in [-0.1, -0.05) is 6.61 Å². The van der Waals surface area contributed by atoms with Crippen LogP contribution >= 0.6 is 0 Å². The summed E-state index contributed by atoms with van der Waals surface area (Å²) >= 11 is 0.